The van der Waals surface area contributed by atoms with Crippen LogP contribution in [0.3, 0.4) is 0 Å². The second-order valence-corrected chi connectivity index (χ2v) is 6.57. The molecule has 1 aliphatic rings. The molecule has 0 bridgehead atoms. The van der Waals surface area contributed by atoms with Gasteiger partial charge >= 0.3 is 11.7 Å². The van der Waals surface area contributed by atoms with E-state index in [0.29, 0.717) is 17.1 Å². The first-order valence-corrected chi connectivity index (χ1v) is 9.13. The van der Waals surface area contributed by atoms with Crippen LogP contribution in [0.5, 0.6) is 17.4 Å². The number of nitrogens with zero attached hydrogens (tertiary/aromatic N) is 2. The highest BCUT2D eigenvalue weighted by molar-refractivity contribution is 5.92. The Balaban J connectivity index is 2.42. The predicted octanol–water partition coefficient (Wildman–Crippen LogP) is 0.359. The maximum atomic E-state index is 13.1. The number of carbonyl (C=O) groups is 1. The first-order chi connectivity index (χ1) is 14.3. The van der Waals surface area contributed by atoms with Gasteiger partial charge in [0.15, 0.2) is 0 Å². The van der Waals surface area contributed by atoms with Crippen molar-refractivity contribution in [3.8, 4) is 17.4 Å². The molecule has 2 aromatic rings. The van der Waals surface area contributed by atoms with E-state index in [1.807, 2.05) is 0 Å². The van der Waals surface area contributed by atoms with Gasteiger partial charge in [-0.2, -0.15) is 0 Å². The summed E-state index contributed by atoms with van der Waals surface area (Å²) in [5.74, 6) is -1.15. The van der Waals surface area contributed by atoms with Gasteiger partial charge in [0.05, 0.1) is 32.3 Å². The second kappa shape index (κ2) is 7.97. The number of fused-ring (bicyclic) bond motifs is 1. The fourth-order valence-corrected chi connectivity index (χ4v) is 3.46. The number of aromatic nitrogens is 2. The lowest BCUT2D eigenvalue weighted by Crippen LogP contribution is -2.43. The maximum Gasteiger partial charge on any atom is 0.340 e. The molecule has 1 aromatic carbocycles. The van der Waals surface area contributed by atoms with Gasteiger partial charge < -0.3 is 24.7 Å². The fourth-order valence-electron chi connectivity index (χ4n) is 3.46. The highest BCUT2D eigenvalue weighted by Gasteiger charge is 2.41. The summed E-state index contributed by atoms with van der Waals surface area (Å²) < 4.78 is 23.6. The summed E-state index contributed by atoms with van der Waals surface area (Å²) >= 11 is 0. The SMILES string of the molecule is CCOC(=O)C1=C(N)Oc2c(c(=O)n(C)c(=O)n2C)[C@@H]1c1ccc(OC)cc1OC. The average molecular weight is 417 g/mol. The van der Waals surface area contributed by atoms with Crippen LogP contribution in [0.25, 0.3) is 0 Å². The molecular formula is C20H23N3O7. The Morgan fingerprint density at radius 2 is 1.87 bits per heavy atom. The summed E-state index contributed by atoms with van der Waals surface area (Å²) in [5, 5.41) is 0. The monoisotopic (exact) mass is 417 g/mol. The van der Waals surface area contributed by atoms with E-state index in [2.05, 4.69) is 0 Å². The highest BCUT2D eigenvalue weighted by atomic mass is 16.5. The molecule has 2 heterocycles. The minimum Gasteiger partial charge on any atom is -0.497 e. The molecule has 1 aromatic heterocycles. The molecule has 3 rings (SSSR count). The molecule has 0 unspecified atom stereocenters. The van der Waals surface area contributed by atoms with Crippen LogP contribution in [0, 0.1) is 0 Å². The van der Waals surface area contributed by atoms with Crippen LogP contribution in [0.4, 0.5) is 0 Å². The summed E-state index contributed by atoms with van der Waals surface area (Å²) in [5.41, 5.74) is 5.34. The Morgan fingerprint density at radius 3 is 2.47 bits per heavy atom. The van der Waals surface area contributed by atoms with Gasteiger partial charge in [0.25, 0.3) is 5.56 Å². The van der Waals surface area contributed by atoms with Gasteiger partial charge in [0.1, 0.15) is 17.1 Å². The Labute approximate surface area is 172 Å². The third kappa shape index (κ3) is 3.19. The topological polar surface area (TPSA) is 124 Å². The van der Waals surface area contributed by atoms with Crippen molar-refractivity contribution in [1.82, 2.24) is 9.13 Å². The number of esters is 1. The Hall–Kier alpha value is -3.69. The molecule has 0 amide bonds. The molecular weight excluding hydrogens is 394 g/mol. The molecule has 0 saturated heterocycles. The predicted molar refractivity (Wildman–Crippen MR) is 107 cm³/mol. The summed E-state index contributed by atoms with van der Waals surface area (Å²) in [6.07, 6.45) is 0. The minimum atomic E-state index is -0.987. The van der Waals surface area contributed by atoms with Gasteiger partial charge in [0.2, 0.25) is 11.8 Å². The average Bonchev–Trinajstić information content (AvgIpc) is 2.74. The third-order valence-corrected chi connectivity index (χ3v) is 4.94. The molecule has 0 fully saturated rings. The van der Waals surface area contributed by atoms with E-state index in [1.165, 1.54) is 28.3 Å². The van der Waals surface area contributed by atoms with E-state index in [9.17, 15) is 14.4 Å². The maximum absolute atomic E-state index is 13.1. The number of ether oxygens (including phenoxy) is 4. The summed E-state index contributed by atoms with van der Waals surface area (Å²) in [4.78, 5) is 38.3. The molecule has 160 valence electrons. The number of benzene rings is 1. The van der Waals surface area contributed by atoms with E-state index >= 15 is 0 Å². The van der Waals surface area contributed by atoms with Gasteiger partial charge in [-0.1, -0.05) is 6.07 Å². The normalized spacial score (nSPS) is 15.3. The Kier molecular flexibility index (Phi) is 5.59. The van der Waals surface area contributed by atoms with E-state index in [-0.39, 0.29) is 29.5 Å². The molecule has 0 saturated carbocycles. The smallest absolute Gasteiger partial charge is 0.340 e. The van der Waals surface area contributed by atoms with Gasteiger partial charge in [0, 0.05) is 25.7 Å². The number of nitrogens with two attached hydrogens (primary N) is 1. The van der Waals surface area contributed by atoms with Gasteiger partial charge in [-0.25, -0.2) is 9.59 Å². The number of methoxy groups -OCH3 is 2. The van der Waals surface area contributed by atoms with Crippen molar-refractivity contribution in [1.29, 1.82) is 0 Å². The van der Waals surface area contributed by atoms with Gasteiger partial charge in [-0.15, -0.1) is 0 Å². The lowest BCUT2D eigenvalue weighted by molar-refractivity contribution is -0.139. The van der Waals surface area contributed by atoms with Gasteiger partial charge in [-0.05, 0) is 13.0 Å². The zero-order valence-corrected chi connectivity index (χ0v) is 17.3. The summed E-state index contributed by atoms with van der Waals surface area (Å²) in [6, 6.07) is 4.95. The largest absolute Gasteiger partial charge is 0.497 e. The van der Waals surface area contributed by atoms with Crippen molar-refractivity contribution >= 4 is 5.97 Å². The van der Waals surface area contributed by atoms with Crippen LogP contribution in [-0.4, -0.2) is 35.9 Å². The third-order valence-electron chi connectivity index (χ3n) is 4.94. The number of carbonyl (C=O) groups excluding carboxylic acids is 1. The van der Waals surface area contributed by atoms with Crippen molar-refractivity contribution in [2.45, 2.75) is 12.8 Å². The van der Waals surface area contributed by atoms with Crippen molar-refractivity contribution in [3.63, 3.8) is 0 Å². The van der Waals surface area contributed by atoms with E-state index in [1.54, 1.807) is 25.1 Å². The standard InChI is InChI=1S/C20H23N3O7/c1-6-29-19(25)14-13(11-8-7-10(27-4)9-12(11)28-5)15-17(24)22(2)20(26)23(3)18(15)30-16(14)21/h7-9,13H,6,21H2,1-5H3/t13-/m1/s1. The molecule has 10 nitrogen and oxygen atoms in total. The number of hydrogen-bond donors (Lipinski definition) is 1. The lowest BCUT2D eigenvalue weighted by Gasteiger charge is -2.29. The zero-order valence-electron chi connectivity index (χ0n) is 17.3. The molecule has 10 heteroatoms. The van der Waals surface area contributed by atoms with Crippen LogP contribution in [0.2, 0.25) is 0 Å². The molecule has 1 atom stereocenters. The minimum absolute atomic E-state index is 0.0449. The first-order valence-electron chi connectivity index (χ1n) is 9.13. The molecule has 30 heavy (non-hydrogen) atoms. The summed E-state index contributed by atoms with van der Waals surface area (Å²) in [6.45, 7) is 1.75. The first kappa shape index (κ1) is 21.0. The lowest BCUT2D eigenvalue weighted by atomic mass is 9.83. The number of rotatable bonds is 5. The molecule has 0 aliphatic carbocycles. The van der Waals surface area contributed by atoms with Crippen molar-refractivity contribution in [2.75, 3.05) is 20.8 Å². The van der Waals surface area contributed by atoms with Crippen molar-refractivity contribution in [2.24, 2.45) is 19.8 Å². The quantitative estimate of drug-likeness (QED) is 0.692. The van der Waals surface area contributed by atoms with Crippen LogP contribution in [0.1, 0.15) is 24.0 Å². The molecule has 0 spiro atoms. The van der Waals surface area contributed by atoms with Crippen molar-refractivity contribution < 1.29 is 23.7 Å². The van der Waals surface area contributed by atoms with Crippen LogP contribution in [0.15, 0.2) is 39.2 Å². The fraction of sp³-hybridized carbons (Fsp3) is 0.350. The Morgan fingerprint density at radius 1 is 1.17 bits per heavy atom. The summed E-state index contributed by atoms with van der Waals surface area (Å²) in [7, 11) is 5.75. The van der Waals surface area contributed by atoms with E-state index in [0.717, 1.165) is 9.13 Å². The Bertz CT molecular complexity index is 1160. The van der Waals surface area contributed by atoms with E-state index in [4.69, 9.17) is 24.7 Å². The molecule has 1 aliphatic heterocycles. The van der Waals surface area contributed by atoms with Crippen LogP contribution < -0.4 is 31.2 Å². The van der Waals surface area contributed by atoms with Gasteiger partial charge in [-0.3, -0.25) is 13.9 Å². The molecule has 0 radical (unpaired) electrons. The highest BCUT2D eigenvalue weighted by Crippen LogP contribution is 2.44. The van der Waals surface area contributed by atoms with Crippen LogP contribution >= 0.6 is 0 Å². The van der Waals surface area contributed by atoms with E-state index < -0.39 is 23.1 Å². The zero-order chi connectivity index (χ0) is 22.2. The second-order valence-electron chi connectivity index (χ2n) is 6.57. The molecule has 2 N–H and O–H groups in total. The number of hydrogen-bond acceptors (Lipinski definition) is 8. The van der Waals surface area contributed by atoms with Crippen molar-refractivity contribution in [3.05, 3.63) is 61.6 Å². The van der Waals surface area contributed by atoms with Crippen LogP contribution in [-0.2, 0) is 23.6 Å².